The number of hydrogen-bond donors (Lipinski definition) is 2. The van der Waals surface area contributed by atoms with Crippen molar-refractivity contribution in [3.05, 3.63) is 53.3 Å². The van der Waals surface area contributed by atoms with Gasteiger partial charge in [-0.25, -0.2) is 4.79 Å². The number of ether oxygens (including phenoxy) is 2. The Kier molecular flexibility index (Phi) is 6.33. The highest BCUT2D eigenvalue weighted by atomic mass is 16.5. The fourth-order valence-electron chi connectivity index (χ4n) is 2.28. The molecule has 0 radical (unpaired) electrons. The lowest BCUT2D eigenvalue weighted by molar-refractivity contribution is -0.121. The van der Waals surface area contributed by atoms with Crippen molar-refractivity contribution in [1.82, 2.24) is 10.3 Å². The van der Waals surface area contributed by atoms with Gasteiger partial charge in [0.2, 0.25) is 5.91 Å². The smallest absolute Gasteiger partial charge is 0.335 e. The van der Waals surface area contributed by atoms with E-state index in [1.54, 1.807) is 20.3 Å². The molecule has 0 bridgehead atoms. The average Bonchev–Trinajstić information content (AvgIpc) is 2.64. The van der Waals surface area contributed by atoms with E-state index >= 15 is 0 Å². The molecule has 7 heteroatoms. The Bertz CT molecular complexity index is 761. The molecule has 2 aromatic rings. The minimum atomic E-state index is -1.02. The van der Waals surface area contributed by atoms with Gasteiger partial charge in [0.05, 0.1) is 32.0 Å². The van der Waals surface area contributed by atoms with E-state index in [1.807, 2.05) is 12.1 Å². The number of hydrogen-bond acceptors (Lipinski definition) is 5. The van der Waals surface area contributed by atoms with Crippen molar-refractivity contribution >= 4 is 11.9 Å². The maximum atomic E-state index is 12.0. The van der Waals surface area contributed by atoms with Gasteiger partial charge in [-0.15, -0.1) is 0 Å². The van der Waals surface area contributed by atoms with Crippen molar-refractivity contribution in [1.29, 1.82) is 0 Å². The molecule has 0 fully saturated rings. The van der Waals surface area contributed by atoms with Gasteiger partial charge in [0.1, 0.15) is 0 Å². The number of rotatable bonds is 8. The van der Waals surface area contributed by atoms with Crippen molar-refractivity contribution in [2.75, 3.05) is 14.2 Å². The lowest BCUT2D eigenvalue weighted by Crippen LogP contribution is -2.23. The SMILES string of the molecule is COc1ccc(CCC(=O)NCc2cc(C(=O)O)ccn2)cc1OC. The van der Waals surface area contributed by atoms with E-state index < -0.39 is 5.97 Å². The van der Waals surface area contributed by atoms with E-state index in [1.165, 1.54) is 18.3 Å². The number of methoxy groups -OCH3 is 2. The summed E-state index contributed by atoms with van der Waals surface area (Å²) in [4.78, 5) is 26.9. The molecule has 0 aliphatic carbocycles. The summed E-state index contributed by atoms with van der Waals surface area (Å²) in [5, 5.41) is 11.7. The monoisotopic (exact) mass is 344 g/mol. The second kappa shape index (κ2) is 8.68. The maximum Gasteiger partial charge on any atom is 0.335 e. The zero-order valence-corrected chi connectivity index (χ0v) is 14.1. The number of nitrogens with zero attached hydrogens (tertiary/aromatic N) is 1. The second-order valence-electron chi connectivity index (χ2n) is 5.31. The first-order valence-electron chi connectivity index (χ1n) is 7.69. The van der Waals surface area contributed by atoms with Gasteiger partial charge in [-0.1, -0.05) is 6.07 Å². The molecule has 1 aromatic carbocycles. The van der Waals surface area contributed by atoms with Crippen LogP contribution in [0.4, 0.5) is 0 Å². The van der Waals surface area contributed by atoms with Crippen molar-refractivity contribution in [2.24, 2.45) is 0 Å². The minimum Gasteiger partial charge on any atom is -0.493 e. The lowest BCUT2D eigenvalue weighted by atomic mass is 10.1. The van der Waals surface area contributed by atoms with Gasteiger partial charge in [0, 0.05) is 12.6 Å². The standard InChI is InChI=1S/C18H20N2O5/c1-24-15-5-3-12(9-16(15)25-2)4-6-17(21)20-11-14-10-13(18(22)23)7-8-19-14/h3,5,7-10H,4,6,11H2,1-2H3,(H,20,21)(H,22,23). The summed E-state index contributed by atoms with van der Waals surface area (Å²) in [6, 6.07) is 8.37. The minimum absolute atomic E-state index is 0.141. The topological polar surface area (TPSA) is 97.8 Å². The molecular weight excluding hydrogens is 324 g/mol. The van der Waals surface area contributed by atoms with E-state index in [-0.39, 0.29) is 18.0 Å². The third-order valence-corrected chi connectivity index (χ3v) is 3.62. The van der Waals surface area contributed by atoms with Crippen molar-refractivity contribution < 1.29 is 24.2 Å². The fourth-order valence-corrected chi connectivity index (χ4v) is 2.28. The van der Waals surface area contributed by atoms with Crippen LogP contribution in [0.5, 0.6) is 11.5 Å². The van der Waals surface area contributed by atoms with Gasteiger partial charge in [-0.3, -0.25) is 9.78 Å². The maximum absolute atomic E-state index is 12.0. The van der Waals surface area contributed by atoms with Crippen molar-refractivity contribution in [2.45, 2.75) is 19.4 Å². The van der Waals surface area contributed by atoms with Crippen LogP contribution < -0.4 is 14.8 Å². The molecule has 1 aromatic heterocycles. The van der Waals surface area contributed by atoms with Crippen LogP contribution in [0.2, 0.25) is 0 Å². The van der Waals surface area contributed by atoms with Gasteiger partial charge in [-0.2, -0.15) is 0 Å². The molecule has 1 heterocycles. The van der Waals surface area contributed by atoms with Crippen molar-refractivity contribution in [3.8, 4) is 11.5 Å². The Morgan fingerprint density at radius 1 is 1.12 bits per heavy atom. The molecule has 0 saturated heterocycles. The van der Waals surface area contributed by atoms with E-state index in [0.717, 1.165) is 5.56 Å². The van der Waals surface area contributed by atoms with Crippen LogP contribution in [0.15, 0.2) is 36.5 Å². The van der Waals surface area contributed by atoms with Crippen LogP contribution in [-0.2, 0) is 17.8 Å². The predicted octanol–water partition coefficient (Wildman–Crippen LogP) is 2.05. The molecule has 25 heavy (non-hydrogen) atoms. The van der Waals surface area contributed by atoms with Crippen LogP contribution in [0, 0.1) is 0 Å². The zero-order valence-electron chi connectivity index (χ0n) is 14.1. The summed E-state index contributed by atoms with van der Waals surface area (Å²) in [6.45, 7) is 0.186. The molecule has 132 valence electrons. The van der Waals surface area contributed by atoms with E-state index in [2.05, 4.69) is 10.3 Å². The quantitative estimate of drug-likeness (QED) is 0.760. The number of carbonyl (C=O) groups excluding carboxylic acids is 1. The number of pyridine rings is 1. The average molecular weight is 344 g/mol. The first kappa shape index (κ1) is 18.3. The molecular formula is C18H20N2O5. The number of benzene rings is 1. The van der Waals surface area contributed by atoms with Gasteiger partial charge >= 0.3 is 5.97 Å². The molecule has 7 nitrogen and oxygen atoms in total. The van der Waals surface area contributed by atoms with Crippen molar-refractivity contribution in [3.63, 3.8) is 0 Å². The molecule has 1 amide bonds. The number of aromatic carboxylic acids is 1. The summed E-state index contributed by atoms with van der Waals surface area (Å²) >= 11 is 0. The molecule has 0 spiro atoms. The molecule has 0 unspecified atom stereocenters. The van der Waals surface area contributed by atoms with Crippen LogP contribution >= 0.6 is 0 Å². The third kappa shape index (κ3) is 5.20. The molecule has 0 saturated carbocycles. The number of carboxylic acid groups (broad SMARTS) is 1. The van der Waals surface area contributed by atoms with Crippen LogP contribution in [0.25, 0.3) is 0 Å². The Morgan fingerprint density at radius 3 is 2.56 bits per heavy atom. The van der Waals surface area contributed by atoms with Gasteiger partial charge in [0.15, 0.2) is 11.5 Å². The number of amides is 1. The highest BCUT2D eigenvalue weighted by Gasteiger charge is 2.08. The number of carboxylic acids is 1. The third-order valence-electron chi connectivity index (χ3n) is 3.62. The highest BCUT2D eigenvalue weighted by molar-refractivity contribution is 5.87. The van der Waals surface area contributed by atoms with Crippen LogP contribution in [-0.4, -0.2) is 36.2 Å². The first-order chi connectivity index (χ1) is 12.0. The summed E-state index contributed by atoms with van der Waals surface area (Å²) in [5.74, 6) is 0.0934. The predicted molar refractivity (Wildman–Crippen MR) is 90.9 cm³/mol. The van der Waals surface area contributed by atoms with E-state index in [4.69, 9.17) is 14.6 Å². The van der Waals surface area contributed by atoms with Gasteiger partial charge in [-0.05, 0) is 36.2 Å². The highest BCUT2D eigenvalue weighted by Crippen LogP contribution is 2.27. The molecule has 0 aliphatic rings. The normalized spacial score (nSPS) is 10.2. The Hall–Kier alpha value is -3.09. The largest absolute Gasteiger partial charge is 0.493 e. The molecule has 0 aliphatic heterocycles. The molecule has 2 N–H and O–H groups in total. The summed E-state index contributed by atoms with van der Waals surface area (Å²) < 4.78 is 10.4. The Balaban J connectivity index is 1.87. The van der Waals surface area contributed by atoms with Gasteiger partial charge < -0.3 is 19.9 Å². The fraction of sp³-hybridized carbons (Fsp3) is 0.278. The number of aryl methyl sites for hydroxylation is 1. The van der Waals surface area contributed by atoms with Crippen LogP contribution in [0.3, 0.4) is 0 Å². The van der Waals surface area contributed by atoms with Crippen LogP contribution in [0.1, 0.15) is 28.0 Å². The lowest BCUT2D eigenvalue weighted by Gasteiger charge is -2.10. The van der Waals surface area contributed by atoms with E-state index in [0.29, 0.717) is 30.0 Å². The summed E-state index contributed by atoms with van der Waals surface area (Å²) in [6.07, 6.45) is 2.26. The second-order valence-corrected chi connectivity index (χ2v) is 5.31. The summed E-state index contributed by atoms with van der Waals surface area (Å²) in [7, 11) is 3.13. The number of nitrogens with one attached hydrogen (secondary N) is 1. The first-order valence-corrected chi connectivity index (χ1v) is 7.69. The molecule has 0 atom stereocenters. The Labute approximate surface area is 145 Å². The zero-order chi connectivity index (χ0) is 18.2. The number of aromatic nitrogens is 1. The Morgan fingerprint density at radius 2 is 1.88 bits per heavy atom. The summed E-state index contributed by atoms with van der Waals surface area (Å²) in [5.41, 5.74) is 1.60. The van der Waals surface area contributed by atoms with E-state index in [9.17, 15) is 9.59 Å². The number of carbonyl (C=O) groups is 2. The van der Waals surface area contributed by atoms with Gasteiger partial charge in [0.25, 0.3) is 0 Å². The molecule has 2 rings (SSSR count).